The van der Waals surface area contributed by atoms with Crippen molar-refractivity contribution in [1.82, 2.24) is 5.32 Å². The van der Waals surface area contributed by atoms with Gasteiger partial charge in [0.1, 0.15) is 0 Å². The van der Waals surface area contributed by atoms with Gasteiger partial charge in [0, 0.05) is 12.2 Å². The van der Waals surface area contributed by atoms with Crippen LogP contribution in [0.4, 0.5) is 0 Å². The first-order chi connectivity index (χ1) is 7.02. The van der Waals surface area contributed by atoms with E-state index in [-0.39, 0.29) is 0 Å². The lowest BCUT2D eigenvalue weighted by Gasteiger charge is -2.20. The molecule has 1 N–H and O–H groups in total. The molecule has 15 heavy (non-hydrogen) atoms. The Bertz CT molecular complexity index is 305. The van der Waals surface area contributed by atoms with E-state index in [1.807, 2.05) is 0 Å². The van der Waals surface area contributed by atoms with Crippen LogP contribution in [-0.2, 0) is 0 Å². The summed E-state index contributed by atoms with van der Waals surface area (Å²) in [6.07, 6.45) is 4.68. The molecule has 0 bridgehead atoms. The predicted octanol–water partition coefficient (Wildman–Crippen LogP) is 3.80. The van der Waals surface area contributed by atoms with Gasteiger partial charge in [0.25, 0.3) is 0 Å². The highest BCUT2D eigenvalue weighted by Crippen LogP contribution is 2.24. The topological polar surface area (TPSA) is 12.0 Å². The van der Waals surface area contributed by atoms with Gasteiger partial charge in [-0.05, 0) is 43.8 Å². The van der Waals surface area contributed by atoms with Crippen molar-refractivity contribution in [3.63, 3.8) is 0 Å². The minimum Gasteiger partial charge on any atom is -0.388 e. The molecule has 0 aromatic rings. The van der Waals surface area contributed by atoms with Crippen molar-refractivity contribution >= 4 is 0 Å². The molecule has 0 aliphatic carbocycles. The fourth-order valence-corrected chi connectivity index (χ4v) is 1.86. The highest BCUT2D eigenvalue weighted by Gasteiger charge is 2.10. The van der Waals surface area contributed by atoms with E-state index in [1.165, 1.54) is 35.3 Å². The molecule has 1 nitrogen and oxygen atoms in total. The van der Waals surface area contributed by atoms with Gasteiger partial charge in [0.05, 0.1) is 0 Å². The number of rotatable bonds is 3. The lowest BCUT2D eigenvalue weighted by atomic mass is 9.94. The van der Waals surface area contributed by atoms with E-state index in [0.29, 0.717) is 5.92 Å². The maximum Gasteiger partial charge on any atom is 0.0147 e. The monoisotopic (exact) mass is 205 g/mol. The zero-order valence-corrected chi connectivity index (χ0v) is 10.5. The molecule has 1 aliphatic rings. The Hall–Kier alpha value is -0.980. The van der Waals surface area contributed by atoms with Gasteiger partial charge in [0.2, 0.25) is 0 Å². The van der Waals surface area contributed by atoms with Crippen LogP contribution >= 0.6 is 0 Å². The first kappa shape index (κ1) is 12.1. The lowest BCUT2D eigenvalue weighted by Crippen LogP contribution is -2.20. The van der Waals surface area contributed by atoms with Gasteiger partial charge in [-0.2, -0.15) is 0 Å². The van der Waals surface area contributed by atoms with Crippen LogP contribution in [0.3, 0.4) is 0 Å². The second-order valence-electron chi connectivity index (χ2n) is 4.69. The van der Waals surface area contributed by atoms with Crippen LogP contribution < -0.4 is 5.32 Å². The molecule has 0 saturated heterocycles. The molecular formula is C14H23N. The fourth-order valence-electron chi connectivity index (χ4n) is 1.86. The molecule has 0 amide bonds. The summed E-state index contributed by atoms with van der Waals surface area (Å²) in [5, 5.41) is 3.42. The number of nitrogens with one attached hydrogen (secondary N) is 1. The predicted molar refractivity (Wildman–Crippen MR) is 67.7 cm³/mol. The van der Waals surface area contributed by atoms with E-state index in [4.69, 9.17) is 0 Å². The quantitative estimate of drug-likeness (QED) is 0.691. The summed E-state index contributed by atoms with van der Waals surface area (Å²) in [5.74, 6) is 0.539. The van der Waals surface area contributed by atoms with Crippen LogP contribution in [-0.4, -0.2) is 6.54 Å². The Balaban J connectivity index is 2.83. The fraction of sp³-hybridized carbons (Fsp3) is 0.571. The van der Waals surface area contributed by atoms with Crippen LogP contribution in [0.5, 0.6) is 0 Å². The van der Waals surface area contributed by atoms with E-state index in [2.05, 4.69) is 45.7 Å². The normalized spacial score (nSPS) is 18.1. The summed E-state index contributed by atoms with van der Waals surface area (Å²) in [4.78, 5) is 0. The van der Waals surface area contributed by atoms with Crippen LogP contribution in [0.1, 0.15) is 40.5 Å². The third kappa shape index (κ3) is 3.26. The Kier molecular flexibility index (Phi) is 4.19. The summed E-state index contributed by atoms with van der Waals surface area (Å²) in [6, 6.07) is 0. The largest absolute Gasteiger partial charge is 0.388 e. The van der Waals surface area contributed by atoms with Gasteiger partial charge in [-0.25, -0.2) is 0 Å². The third-order valence-corrected chi connectivity index (χ3v) is 3.07. The molecule has 84 valence electrons. The van der Waals surface area contributed by atoms with Crippen molar-refractivity contribution in [1.29, 1.82) is 0 Å². The number of hydrogen-bond donors (Lipinski definition) is 1. The SMILES string of the molecule is C=C(/C=C(/C)C1=C(C)NCCC1)C(C)C. The molecule has 1 heterocycles. The molecule has 0 saturated carbocycles. The first-order valence-electron chi connectivity index (χ1n) is 5.83. The lowest BCUT2D eigenvalue weighted by molar-refractivity contribution is 0.665. The summed E-state index contributed by atoms with van der Waals surface area (Å²) < 4.78 is 0. The molecule has 0 aromatic carbocycles. The minimum absolute atomic E-state index is 0.539. The number of hydrogen-bond acceptors (Lipinski definition) is 1. The molecule has 0 spiro atoms. The molecule has 1 heteroatoms. The van der Waals surface area contributed by atoms with Gasteiger partial charge in [-0.15, -0.1) is 0 Å². The van der Waals surface area contributed by atoms with E-state index in [1.54, 1.807) is 0 Å². The molecule has 1 aliphatic heterocycles. The molecule has 0 unspecified atom stereocenters. The van der Waals surface area contributed by atoms with Gasteiger partial charge in [0.15, 0.2) is 0 Å². The molecule has 0 aromatic heterocycles. The van der Waals surface area contributed by atoms with Gasteiger partial charge >= 0.3 is 0 Å². The van der Waals surface area contributed by atoms with E-state index in [0.717, 1.165) is 6.54 Å². The highest BCUT2D eigenvalue weighted by atomic mass is 14.9. The van der Waals surface area contributed by atoms with Crippen LogP contribution in [0.15, 0.2) is 35.1 Å². The van der Waals surface area contributed by atoms with Crippen molar-refractivity contribution in [3.8, 4) is 0 Å². The second-order valence-corrected chi connectivity index (χ2v) is 4.69. The first-order valence-corrected chi connectivity index (χ1v) is 5.83. The minimum atomic E-state index is 0.539. The van der Waals surface area contributed by atoms with E-state index >= 15 is 0 Å². The average Bonchev–Trinajstić information content (AvgIpc) is 2.18. The average molecular weight is 205 g/mol. The Labute approximate surface area is 94.0 Å². The van der Waals surface area contributed by atoms with Crippen molar-refractivity contribution in [2.75, 3.05) is 6.54 Å². The Morgan fingerprint density at radius 2 is 2.13 bits per heavy atom. The Morgan fingerprint density at radius 3 is 2.67 bits per heavy atom. The summed E-state index contributed by atoms with van der Waals surface area (Å²) in [7, 11) is 0. The van der Waals surface area contributed by atoms with E-state index < -0.39 is 0 Å². The van der Waals surface area contributed by atoms with Crippen molar-refractivity contribution in [3.05, 3.63) is 35.1 Å². The molecule has 0 radical (unpaired) electrons. The van der Waals surface area contributed by atoms with Crippen LogP contribution in [0.25, 0.3) is 0 Å². The standard InChI is InChI=1S/C14H23N/c1-10(2)11(3)9-12(4)14-7-6-8-15-13(14)5/h9-10,15H,3,6-8H2,1-2,4-5H3/b12-9-. The van der Waals surface area contributed by atoms with Gasteiger partial charge in [-0.3, -0.25) is 0 Å². The second kappa shape index (κ2) is 5.20. The van der Waals surface area contributed by atoms with E-state index in [9.17, 15) is 0 Å². The van der Waals surface area contributed by atoms with Gasteiger partial charge in [-0.1, -0.05) is 32.1 Å². The van der Waals surface area contributed by atoms with Crippen molar-refractivity contribution < 1.29 is 0 Å². The van der Waals surface area contributed by atoms with Crippen LogP contribution in [0.2, 0.25) is 0 Å². The van der Waals surface area contributed by atoms with Crippen LogP contribution in [0, 0.1) is 5.92 Å². The Morgan fingerprint density at radius 1 is 1.47 bits per heavy atom. The molecule has 1 rings (SSSR count). The zero-order valence-electron chi connectivity index (χ0n) is 10.5. The smallest absolute Gasteiger partial charge is 0.0147 e. The summed E-state index contributed by atoms with van der Waals surface area (Å²) in [6.45, 7) is 14.0. The third-order valence-electron chi connectivity index (χ3n) is 3.07. The van der Waals surface area contributed by atoms with Crippen molar-refractivity contribution in [2.45, 2.75) is 40.5 Å². The zero-order chi connectivity index (χ0) is 11.4. The molecule has 0 fully saturated rings. The molecular weight excluding hydrogens is 182 g/mol. The summed E-state index contributed by atoms with van der Waals surface area (Å²) in [5.41, 5.74) is 5.41. The maximum atomic E-state index is 4.09. The number of allylic oxidation sites excluding steroid dienone is 5. The molecule has 0 atom stereocenters. The summed E-state index contributed by atoms with van der Waals surface area (Å²) >= 11 is 0. The maximum absolute atomic E-state index is 4.09. The van der Waals surface area contributed by atoms with Gasteiger partial charge < -0.3 is 5.32 Å². The highest BCUT2D eigenvalue weighted by molar-refractivity contribution is 5.38. The van der Waals surface area contributed by atoms with Crippen molar-refractivity contribution in [2.24, 2.45) is 5.92 Å².